The molecule has 0 spiro atoms. The van der Waals surface area contributed by atoms with Gasteiger partial charge in [-0.2, -0.15) is 0 Å². The van der Waals surface area contributed by atoms with Gasteiger partial charge < -0.3 is 10.3 Å². The number of hydrogen-bond donors (Lipinski definition) is 2. The average molecular weight is 307 g/mol. The Bertz CT molecular complexity index is 766. The van der Waals surface area contributed by atoms with E-state index in [1.54, 1.807) is 7.05 Å². The third kappa shape index (κ3) is 2.72. The molecule has 0 aliphatic rings. The molecule has 2 aromatic heterocycles. The van der Waals surface area contributed by atoms with Crippen molar-refractivity contribution >= 4 is 22.9 Å². The lowest BCUT2D eigenvalue weighted by atomic mass is 10.2. The summed E-state index contributed by atoms with van der Waals surface area (Å²) in [6.07, 6.45) is 2.78. The Hall–Kier alpha value is -2.06. The van der Waals surface area contributed by atoms with Crippen molar-refractivity contribution in [1.29, 1.82) is 0 Å². The zero-order valence-electron chi connectivity index (χ0n) is 11.0. The van der Waals surface area contributed by atoms with Crippen molar-refractivity contribution in [2.24, 2.45) is 0 Å². The molecule has 0 aliphatic carbocycles. The standard InChI is InChI=1S/C13H11F2N5S/c1-16-4-7-2-8(14)11(9(15)3-7)21-13-10-12(18-5-17-10)19-6-20-13/h2-3,5-6,16H,4H2,1H3,(H,17,18,19,20). The van der Waals surface area contributed by atoms with Crippen molar-refractivity contribution in [3.8, 4) is 0 Å². The molecular weight excluding hydrogens is 296 g/mol. The number of rotatable bonds is 4. The Kier molecular flexibility index (Phi) is 3.80. The quantitative estimate of drug-likeness (QED) is 0.725. The predicted molar refractivity (Wildman–Crippen MR) is 74.9 cm³/mol. The fraction of sp³-hybridized carbons (Fsp3) is 0.154. The molecule has 3 rings (SSSR count). The van der Waals surface area contributed by atoms with Crippen molar-refractivity contribution in [2.75, 3.05) is 7.05 Å². The summed E-state index contributed by atoms with van der Waals surface area (Å²) in [5, 5.41) is 3.28. The fourth-order valence-electron chi connectivity index (χ4n) is 1.93. The van der Waals surface area contributed by atoms with E-state index in [-0.39, 0.29) is 4.90 Å². The maximum atomic E-state index is 14.1. The molecule has 0 aliphatic heterocycles. The first-order valence-electron chi connectivity index (χ1n) is 6.13. The Balaban J connectivity index is 2.00. The summed E-state index contributed by atoms with van der Waals surface area (Å²) in [5.41, 5.74) is 1.56. The highest BCUT2D eigenvalue weighted by atomic mass is 32.2. The summed E-state index contributed by atoms with van der Waals surface area (Å²) in [6.45, 7) is 0.400. The van der Waals surface area contributed by atoms with Gasteiger partial charge in [0.1, 0.15) is 28.5 Å². The number of benzene rings is 1. The summed E-state index contributed by atoms with van der Waals surface area (Å²) in [5.74, 6) is -1.23. The molecule has 0 radical (unpaired) electrons. The van der Waals surface area contributed by atoms with Gasteiger partial charge in [0.2, 0.25) is 0 Å². The molecule has 0 fully saturated rings. The molecule has 2 N–H and O–H groups in total. The number of H-pyrrole nitrogens is 1. The number of fused-ring (bicyclic) bond motifs is 1. The number of aromatic amines is 1. The van der Waals surface area contributed by atoms with Gasteiger partial charge in [0.05, 0.1) is 11.2 Å². The predicted octanol–water partition coefficient (Wildman–Crippen LogP) is 2.50. The van der Waals surface area contributed by atoms with E-state index in [1.807, 2.05) is 0 Å². The van der Waals surface area contributed by atoms with Gasteiger partial charge in [-0.1, -0.05) is 11.8 Å². The first kappa shape index (κ1) is 13.9. The third-order valence-corrected chi connectivity index (χ3v) is 3.92. The first-order valence-corrected chi connectivity index (χ1v) is 6.95. The fourth-order valence-corrected chi connectivity index (χ4v) is 2.79. The zero-order valence-corrected chi connectivity index (χ0v) is 11.8. The van der Waals surface area contributed by atoms with Crippen LogP contribution in [0.25, 0.3) is 11.2 Å². The van der Waals surface area contributed by atoms with E-state index in [0.717, 1.165) is 11.8 Å². The topological polar surface area (TPSA) is 66.5 Å². The monoisotopic (exact) mass is 307 g/mol. The van der Waals surface area contributed by atoms with Crippen molar-refractivity contribution in [2.45, 2.75) is 16.5 Å². The van der Waals surface area contributed by atoms with Crippen LogP contribution in [0.15, 0.2) is 34.7 Å². The number of aromatic nitrogens is 4. The van der Waals surface area contributed by atoms with Gasteiger partial charge in [0.15, 0.2) is 5.65 Å². The molecule has 0 unspecified atom stereocenters. The van der Waals surface area contributed by atoms with Gasteiger partial charge in [-0.05, 0) is 24.7 Å². The molecular formula is C13H11F2N5S. The van der Waals surface area contributed by atoms with Gasteiger partial charge in [-0.25, -0.2) is 23.7 Å². The minimum Gasteiger partial charge on any atom is -0.341 e. The molecule has 0 saturated carbocycles. The van der Waals surface area contributed by atoms with E-state index in [0.29, 0.717) is 28.3 Å². The molecule has 8 heteroatoms. The van der Waals surface area contributed by atoms with Crippen LogP contribution in [0, 0.1) is 11.6 Å². The first-order chi connectivity index (χ1) is 10.2. The van der Waals surface area contributed by atoms with Gasteiger partial charge in [0.25, 0.3) is 0 Å². The second-order valence-electron chi connectivity index (χ2n) is 4.30. The minimum atomic E-state index is -0.614. The molecule has 0 atom stereocenters. The average Bonchev–Trinajstić information content (AvgIpc) is 2.92. The Morgan fingerprint density at radius 2 is 1.95 bits per heavy atom. The minimum absolute atomic E-state index is 0.0931. The second-order valence-corrected chi connectivity index (χ2v) is 5.30. The van der Waals surface area contributed by atoms with Crippen LogP contribution in [0.3, 0.4) is 0 Å². The maximum absolute atomic E-state index is 14.1. The van der Waals surface area contributed by atoms with E-state index in [1.165, 1.54) is 24.8 Å². The summed E-state index contributed by atoms with van der Waals surface area (Å²) >= 11 is 0.909. The Labute approximate surface area is 123 Å². The van der Waals surface area contributed by atoms with E-state index in [2.05, 4.69) is 25.3 Å². The number of nitrogens with zero attached hydrogens (tertiary/aromatic N) is 3. The Morgan fingerprint density at radius 3 is 2.67 bits per heavy atom. The number of hydrogen-bond acceptors (Lipinski definition) is 5. The summed E-state index contributed by atoms with van der Waals surface area (Å²) in [7, 11) is 1.72. The van der Waals surface area contributed by atoms with Crippen LogP contribution in [-0.2, 0) is 6.54 Å². The van der Waals surface area contributed by atoms with Crippen molar-refractivity contribution in [3.05, 3.63) is 42.0 Å². The summed E-state index contributed by atoms with van der Waals surface area (Å²) in [6, 6.07) is 2.63. The van der Waals surface area contributed by atoms with Gasteiger partial charge in [-0.15, -0.1) is 0 Å². The number of nitrogens with one attached hydrogen (secondary N) is 2. The lowest BCUT2D eigenvalue weighted by molar-refractivity contribution is 0.536. The molecule has 3 aromatic rings. The van der Waals surface area contributed by atoms with Crippen molar-refractivity contribution < 1.29 is 8.78 Å². The molecule has 5 nitrogen and oxygen atoms in total. The second kappa shape index (κ2) is 5.74. The smallest absolute Gasteiger partial charge is 0.181 e. The van der Waals surface area contributed by atoms with Crippen LogP contribution in [0.2, 0.25) is 0 Å². The largest absolute Gasteiger partial charge is 0.341 e. The van der Waals surface area contributed by atoms with Crippen LogP contribution < -0.4 is 5.32 Å². The van der Waals surface area contributed by atoms with Gasteiger partial charge >= 0.3 is 0 Å². The maximum Gasteiger partial charge on any atom is 0.181 e. The highest BCUT2D eigenvalue weighted by Gasteiger charge is 2.16. The molecule has 2 heterocycles. The van der Waals surface area contributed by atoms with Crippen LogP contribution in [0.1, 0.15) is 5.56 Å². The summed E-state index contributed by atoms with van der Waals surface area (Å²) in [4.78, 5) is 14.8. The van der Waals surface area contributed by atoms with E-state index in [4.69, 9.17) is 0 Å². The lowest BCUT2D eigenvalue weighted by Crippen LogP contribution is -2.06. The third-order valence-electron chi connectivity index (χ3n) is 2.83. The van der Waals surface area contributed by atoms with Crippen LogP contribution >= 0.6 is 11.8 Å². The van der Waals surface area contributed by atoms with E-state index in [9.17, 15) is 8.78 Å². The molecule has 0 bridgehead atoms. The Morgan fingerprint density at radius 1 is 1.19 bits per heavy atom. The normalized spacial score (nSPS) is 11.2. The highest BCUT2D eigenvalue weighted by Crippen LogP contribution is 2.34. The van der Waals surface area contributed by atoms with Crippen LogP contribution in [0.5, 0.6) is 0 Å². The van der Waals surface area contributed by atoms with Gasteiger partial charge in [-0.3, -0.25) is 0 Å². The molecule has 108 valence electrons. The number of halogens is 2. The summed E-state index contributed by atoms with van der Waals surface area (Å²) < 4.78 is 28.2. The van der Waals surface area contributed by atoms with Crippen molar-refractivity contribution in [1.82, 2.24) is 25.3 Å². The van der Waals surface area contributed by atoms with Crippen LogP contribution in [0.4, 0.5) is 8.78 Å². The molecule has 0 saturated heterocycles. The molecule has 1 aromatic carbocycles. The van der Waals surface area contributed by atoms with Crippen LogP contribution in [-0.4, -0.2) is 27.0 Å². The zero-order chi connectivity index (χ0) is 14.8. The van der Waals surface area contributed by atoms with E-state index >= 15 is 0 Å². The van der Waals surface area contributed by atoms with Crippen molar-refractivity contribution in [3.63, 3.8) is 0 Å². The lowest BCUT2D eigenvalue weighted by Gasteiger charge is -2.07. The van der Waals surface area contributed by atoms with Gasteiger partial charge in [0, 0.05) is 6.54 Å². The highest BCUT2D eigenvalue weighted by molar-refractivity contribution is 7.99. The number of imidazole rings is 1. The molecule has 21 heavy (non-hydrogen) atoms. The SMILES string of the molecule is CNCc1cc(F)c(Sc2ncnc3nc[nH]c23)c(F)c1. The molecule has 0 amide bonds. The van der Waals surface area contributed by atoms with E-state index < -0.39 is 11.6 Å².